The molecule has 1 aromatic carbocycles. The van der Waals surface area contributed by atoms with Gasteiger partial charge in [-0.1, -0.05) is 17.7 Å². The Morgan fingerprint density at radius 1 is 1.35 bits per heavy atom. The number of hydrogen-bond acceptors (Lipinski definition) is 2. The Morgan fingerprint density at radius 3 is 2.91 bits per heavy atom. The van der Waals surface area contributed by atoms with Gasteiger partial charge >= 0.3 is 0 Å². The molecule has 0 saturated carbocycles. The number of benzene rings is 1. The highest BCUT2D eigenvalue weighted by Crippen LogP contribution is 2.32. The Bertz CT molecular complexity index is 840. The molecule has 4 nitrogen and oxygen atoms in total. The molecule has 0 atom stereocenters. The van der Waals surface area contributed by atoms with E-state index in [-0.39, 0.29) is 5.91 Å². The molecule has 0 bridgehead atoms. The van der Waals surface area contributed by atoms with Crippen LogP contribution in [0.15, 0.2) is 48.9 Å². The maximum absolute atomic E-state index is 12.7. The summed E-state index contributed by atoms with van der Waals surface area (Å²) in [6, 6.07) is 9.43. The van der Waals surface area contributed by atoms with E-state index >= 15 is 0 Å². The van der Waals surface area contributed by atoms with Gasteiger partial charge in [0, 0.05) is 41.1 Å². The highest BCUT2D eigenvalue weighted by Gasteiger charge is 2.32. The van der Waals surface area contributed by atoms with Gasteiger partial charge in [-0.2, -0.15) is 0 Å². The zero-order valence-electron chi connectivity index (χ0n) is 13.1. The summed E-state index contributed by atoms with van der Waals surface area (Å²) >= 11 is 6.10. The van der Waals surface area contributed by atoms with Crippen molar-refractivity contribution in [2.24, 2.45) is 0 Å². The minimum atomic E-state index is -0.675. The van der Waals surface area contributed by atoms with E-state index in [1.807, 2.05) is 50.4 Å². The van der Waals surface area contributed by atoms with E-state index in [1.165, 1.54) is 0 Å². The van der Waals surface area contributed by atoms with Crippen molar-refractivity contribution < 1.29 is 4.79 Å². The van der Waals surface area contributed by atoms with Crippen molar-refractivity contribution in [3.63, 3.8) is 0 Å². The normalized spacial score (nSPS) is 11.6. The summed E-state index contributed by atoms with van der Waals surface area (Å²) in [5.74, 6) is -0.0396. The summed E-state index contributed by atoms with van der Waals surface area (Å²) in [5.41, 5.74) is 2.19. The molecule has 0 radical (unpaired) electrons. The number of nitrogens with zero attached hydrogens (tertiary/aromatic N) is 1. The summed E-state index contributed by atoms with van der Waals surface area (Å²) in [4.78, 5) is 19.9. The number of hydrogen-bond donors (Lipinski definition) is 2. The summed E-state index contributed by atoms with van der Waals surface area (Å²) in [5, 5.41) is 4.61. The van der Waals surface area contributed by atoms with Crippen LogP contribution in [0.1, 0.15) is 25.0 Å². The third-order valence-corrected chi connectivity index (χ3v) is 4.30. The third kappa shape index (κ3) is 3.08. The van der Waals surface area contributed by atoms with Gasteiger partial charge < -0.3 is 10.3 Å². The van der Waals surface area contributed by atoms with Crippen molar-refractivity contribution in [2.45, 2.75) is 25.8 Å². The van der Waals surface area contributed by atoms with Crippen molar-refractivity contribution in [3.05, 3.63) is 65.1 Å². The van der Waals surface area contributed by atoms with E-state index in [9.17, 15) is 4.79 Å². The van der Waals surface area contributed by atoms with Crippen molar-refractivity contribution in [1.29, 1.82) is 0 Å². The lowest BCUT2D eigenvalue weighted by Gasteiger charge is -2.23. The molecule has 0 aliphatic carbocycles. The van der Waals surface area contributed by atoms with Gasteiger partial charge in [-0.3, -0.25) is 9.78 Å². The largest absolute Gasteiger partial charge is 0.361 e. The Morgan fingerprint density at radius 2 is 2.17 bits per heavy atom. The van der Waals surface area contributed by atoms with Crippen LogP contribution in [0, 0.1) is 0 Å². The second-order valence-corrected chi connectivity index (χ2v) is 6.50. The number of aromatic amines is 1. The van der Waals surface area contributed by atoms with Crippen LogP contribution in [0.4, 0.5) is 0 Å². The molecule has 2 N–H and O–H groups in total. The summed E-state index contributed by atoms with van der Waals surface area (Å²) in [6.45, 7) is 4.28. The van der Waals surface area contributed by atoms with Crippen LogP contribution in [0.5, 0.6) is 0 Å². The minimum Gasteiger partial charge on any atom is -0.361 e. The third-order valence-electron chi connectivity index (χ3n) is 4.06. The fraction of sp³-hybridized carbons (Fsp3) is 0.222. The molecule has 118 valence electrons. The second kappa shape index (κ2) is 6.05. The molecule has 1 amide bonds. The molecule has 23 heavy (non-hydrogen) atoms. The molecule has 2 heterocycles. The van der Waals surface area contributed by atoms with Crippen molar-refractivity contribution in [3.8, 4) is 0 Å². The number of pyridine rings is 1. The molecule has 0 aliphatic heterocycles. The van der Waals surface area contributed by atoms with E-state index in [0.29, 0.717) is 11.6 Å². The number of carbonyl (C=O) groups excluding carboxylic acids is 1. The fourth-order valence-electron chi connectivity index (χ4n) is 2.64. The van der Waals surface area contributed by atoms with E-state index in [0.717, 1.165) is 22.0 Å². The van der Waals surface area contributed by atoms with Crippen LogP contribution >= 0.6 is 11.6 Å². The molecule has 3 rings (SSSR count). The Kier molecular flexibility index (Phi) is 4.09. The van der Waals surface area contributed by atoms with Gasteiger partial charge in [0.25, 0.3) is 0 Å². The maximum atomic E-state index is 12.7. The summed E-state index contributed by atoms with van der Waals surface area (Å²) in [6.07, 6.45) is 5.34. The number of nitrogens with one attached hydrogen (secondary N) is 2. The van der Waals surface area contributed by atoms with Crippen molar-refractivity contribution in [1.82, 2.24) is 15.3 Å². The Balaban J connectivity index is 1.84. The predicted octanol–water partition coefficient (Wildman–Crippen LogP) is 3.81. The molecule has 0 spiro atoms. The second-order valence-electron chi connectivity index (χ2n) is 6.06. The van der Waals surface area contributed by atoms with E-state index in [2.05, 4.69) is 15.3 Å². The van der Waals surface area contributed by atoms with E-state index in [4.69, 9.17) is 11.6 Å². The number of rotatable bonds is 4. The first-order chi connectivity index (χ1) is 11.0. The first-order valence-corrected chi connectivity index (χ1v) is 7.80. The lowest BCUT2D eigenvalue weighted by atomic mass is 9.83. The van der Waals surface area contributed by atoms with Crippen molar-refractivity contribution in [2.75, 3.05) is 0 Å². The molecular weight excluding hydrogens is 310 g/mol. The van der Waals surface area contributed by atoms with Gasteiger partial charge in [-0.25, -0.2) is 0 Å². The van der Waals surface area contributed by atoms with Gasteiger partial charge in [-0.15, -0.1) is 0 Å². The average molecular weight is 328 g/mol. The van der Waals surface area contributed by atoms with Crippen LogP contribution in [0.3, 0.4) is 0 Å². The first-order valence-electron chi connectivity index (χ1n) is 7.43. The molecule has 0 fully saturated rings. The predicted molar refractivity (Wildman–Crippen MR) is 92.4 cm³/mol. The molecule has 0 saturated heterocycles. The fourth-order valence-corrected chi connectivity index (χ4v) is 2.81. The summed E-state index contributed by atoms with van der Waals surface area (Å²) < 4.78 is 0. The molecule has 0 aliphatic rings. The van der Waals surface area contributed by atoms with Crippen molar-refractivity contribution >= 4 is 28.4 Å². The molecule has 3 aromatic rings. The monoisotopic (exact) mass is 327 g/mol. The number of carbonyl (C=O) groups is 1. The zero-order chi connectivity index (χ0) is 16.4. The SMILES string of the molecule is CC(C)(C(=O)NCc1cccnc1)c1c[nH]c2ccc(Cl)cc12. The van der Waals surface area contributed by atoms with Crippen LogP contribution in [-0.2, 0) is 16.8 Å². The molecular formula is C18H18ClN3O. The first kappa shape index (κ1) is 15.6. The van der Waals surface area contributed by atoms with Gasteiger partial charge in [0.1, 0.15) is 0 Å². The smallest absolute Gasteiger partial charge is 0.230 e. The van der Waals surface area contributed by atoms with Gasteiger partial charge in [0.15, 0.2) is 0 Å². The van der Waals surface area contributed by atoms with Gasteiger partial charge in [-0.05, 0) is 49.2 Å². The van der Waals surface area contributed by atoms with Crippen LogP contribution < -0.4 is 5.32 Å². The Labute approximate surface area is 139 Å². The van der Waals surface area contributed by atoms with Gasteiger partial charge in [0.2, 0.25) is 5.91 Å². The Hall–Kier alpha value is -2.33. The lowest BCUT2D eigenvalue weighted by Crippen LogP contribution is -2.39. The highest BCUT2D eigenvalue weighted by molar-refractivity contribution is 6.31. The maximum Gasteiger partial charge on any atom is 0.230 e. The highest BCUT2D eigenvalue weighted by atomic mass is 35.5. The summed E-state index contributed by atoms with van der Waals surface area (Å²) in [7, 11) is 0. The molecule has 0 unspecified atom stereocenters. The quantitative estimate of drug-likeness (QED) is 0.765. The van der Waals surface area contributed by atoms with E-state index in [1.54, 1.807) is 12.4 Å². The van der Waals surface area contributed by atoms with Crippen LogP contribution in [0.25, 0.3) is 10.9 Å². The number of fused-ring (bicyclic) bond motifs is 1. The topological polar surface area (TPSA) is 57.8 Å². The standard InChI is InChI=1S/C18H18ClN3O/c1-18(2,17(23)22-10-12-4-3-7-20-9-12)15-11-21-16-6-5-13(19)8-14(15)16/h3-9,11,21H,10H2,1-2H3,(H,22,23). The number of halogens is 1. The number of aromatic nitrogens is 2. The molecule has 2 aromatic heterocycles. The van der Waals surface area contributed by atoms with Crippen LogP contribution in [0.2, 0.25) is 5.02 Å². The van der Waals surface area contributed by atoms with Gasteiger partial charge in [0.05, 0.1) is 5.41 Å². The molecule has 5 heteroatoms. The number of H-pyrrole nitrogens is 1. The lowest BCUT2D eigenvalue weighted by molar-refractivity contribution is -0.125. The average Bonchev–Trinajstić information content (AvgIpc) is 2.97. The minimum absolute atomic E-state index is 0.0396. The number of amides is 1. The van der Waals surface area contributed by atoms with E-state index < -0.39 is 5.41 Å². The zero-order valence-corrected chi connectivity index (χ0v) is 13.8. The van der Waals surface area contributed by atoms with Crippen LogP contribution in [-0.4, -0.2) is 15.9 Å².